The van der Waals surface area contributed by atoms with Crippen molar-refractivity contribution in [2.24, 2.45) is 0 Å². The predicted octanol–water partition coefficient (Wildman–Crippen LogP) is 7.08. The third kappa shape index (κ3) is 6.26. The van der Waals surface area contributed by atoms with Crippen molar-refractivity contribution >= 4 is 52.5 Å². The lowest BCUT2D eigenvalue weighted by molar-refractivity contribution is -0.112. The Morgan fingerprint density at radius 2 is 1.84 bits per heavy atom. The summed E-state index contributed by atoms with van der Waals surface area (Å²) in [5.74, 6) is -0.243. The minimum Gasteiger partial charge on any atom is -0.487 e. The molecule has 31 heavy (non-hydrogen) atoms. The average Bonchev–Trinajstić information content (AvgIpc) is 2.71. The number of hydrogen-bond acceptors (Lipinski definition) is 3. The highest BCUT2D eigenvalue weighted by Gasteiger charge is 2.15. The summed E-state index contributed by atoms with van der Waals surface area (Å²) in [5, 5.41) is 13.5. The summed E-state index contributed by atoms with van der Waals surface area (Å²) in [6, 6.07) is 19.5. The third-order valence-corrected chi connectivity index (χ3v) is 4.98. The number of benzene rings is 3. The van der Waals surface area contributed by atoms with Crippen molar-refractivity contribution in [3.05, 3.63) is 98.0 Å². The zero-order chi connectivity index (χ0) is 22.4. The largest absolute Gasteiger partial charge is 0.487 e. The van der Waals surface area contributed by atoms with E-state index >= 15 is 0 Å². The van der Waals surface area contributed by atoms with Gasteiger partial charge in [-0.25, -0.2) is 0 Å². The van der Waals surface area contributed by atoms with Crippen LogP contribution in [0.5, 0.6) is 5.75 Å². The third-order valence-electron chi connectivity index (χ3n) is 4.25. The summed E-state index contributed by atoms with van der Waals surface area (Å²) >= 11 is 18.5. The van der Waals surface area contributed by atoms with Gasteiger partial charge in [0.1, 0.15) is 24.0 Å². The van der Waals surface area contributed by atoms with Crippen LogP contribution in [0, 0.1) is 18.3 Å². The van der Waals surface area contributed by atoms with E-state index in [1.54, 1.807) is 24.3 Å². The number of anilines is 1. The molecule has 0 aliphatic heterocycles. The maximum absolute atomic E-state index is 12.6. The molecule has 0 aliphatic rings. The molecule has 0 aliphatic carbocycles. The van der Waals surface area contributed by atoms with E-state index in [0.29, 0.717) is 27.0 Å². The summed E-state index contributed by atoms with van der Waals surface area (Å²) in [6.07, 6.45) is 1.40. The predicted molar refractivity (Wildman–Crippen MR) is 126 cm³/mol. The topological polar surface area (TPSA) is 62.1 Å². The number of ether oxygens (including phenoxy) is 1. The van der Waals surface area contributed by atoms with E-state index in [2.05, 4.69) is 5.32 Å². The van der Waals surface area contributed by atoms with Crippen LogP contribution in [0.1, 0.15) is 16.7 Å². The molecule has 0 aromatic heterocycles. The molecule has 3 aromatic rings. The van der Waals surface area contributed by atoms with E-state index in [1.807, 2.05) is 43.3 Å². The fourth-order valence-corrected chi connectivity index (χ4v) is 3.62. The Morgan fingerprint density at radius 3 is 2.55 bits per heavy atom. The first-order valence-corrected chi connectivity index (χ1v) is 10.3. The van der Waals surface area contributed by atoms with Crippen LogP contribution in [0.25, 0.3) is 6.08 Å². The molecule has 0 spiro atoms. The molecule has 0 radical (unpaired) electrons. The molecular weight excluding hydrogens is 455 g/mol. The summed E-state index contributed by atoms with van der Waals surface area (Å²) in [5.41, 5.74) is 2.71. The molecule has 7 heteroatoms. The second kappa shape index (κ2) is 10.4. The van der Waals surface area contributed by atoms with Crippen LogP contribution in [0.4, 0.5) is 5.69 Å². The van der Waals surface area contributed by atoms with Gasteiger partial charge in [-0.2, -0.15) is 5.26 Å². The normalized spacial score (nSPS) is 11.0. The average molecular weight is 472 g/mol. The molecular formula is C24H17Cl3N2O2. The highest BCUT2D eigenvalue weighted by Crippen LogP contribution is 2.34. The smallest absolute Gasteiger partial charge is 0.266 e. The van der Waals surface area contributed by atoms with Gasteiger partial charge in [-0.1, -0.05) is 59.1 Å². The molecule has 0 atom stereocenters. The van der Waals surface area contributed by atoms with Crippen LogP contribution in [-0.4, -0.2) is 5.91 Å². The van der Waals surface area contributed by atoms with Gasteiger partial charge in [-0.05, 0) is 60.5 Å². The highest BCUT2D eigenvalue weighted by atomic mass is 35.5. The fourth-order valence-electron chi connectivity index (χ4n) is 2.85. The molecule has 0 fully saturated rings. The Morgan fingerprint density at radius 1 is 1.06 bits per heavy atom. The Hall–Kier alpha value is -2.97. The van der Waals surface area contributed by atoms with Crippen molar-refractivity contribution in [2.75, 3.05) is 5.32 Å². The first-order valence-electron chi connectivity index (χ1n) is 9.22. The second-order valence-corrected chi connectivity index (χ2v) is 8.00. The van der Waals surface area contributed by atoms with Gasteiger partial charge in [-0.3, -0.25) is 4.79 Å². The number of nitrogens with one attached hydrogen (secondary N) is 1. The molecule has 0 bridgehead atoms. The van der Waals surface area contributed by atoms with Crippen LogP contribution in [0.15, 0.2) is 66.2 Å². The van der Waals surface area contributed by atoms with E-state index in [4.69, 9.17) is 39.5 Å². The zero-order valence-electron chi connectivity index (χ0n) is 16.5. The SMILES string of the molecule is Cc1cccc(NC(=O)/C(C#N)=C/c2cc(Cl)cc(Cl)c2OCc2cccc(Cl)c2)c1. The van der Waals surface area contributed by atoms with E-state index < -0.39 is 5.91 Å². The molecule has 0 heterocycles. The molecule has 1 amide bonds. The van der Waals surface area contributed by atoms with Gasteiger partial charge in [0.15, 0.2) is 0 Å². The number of carbonyl (C=O) groups is 1. The quantitative estimate of drug-likeness (QED) is 0.308. The Bertz CT molecular complexity index is 1200. The molecule has 3 rings (SSSR count). The number of nitriles is 1. The Balaban J connectivity index is 1.89. The summed E-state index contributed by atoms with van der Waals surface area (Å²) in [7, 11) is 0. The van der Waals surface area contributed by atoms with Crippen molar-refractivity contribution in [3.8, 4) is 11.8 Å². The first-order chi connectivity index (χ1) is 14.9. The van der Waals surface area contributed by atoms with Crippen molar-refractivity contribution in [1.29, 1.82) is 5.26 Å². The van der Waals surface area contributed by atoms with Crippen LogP contribution in [0.3, 0.4) is 0 Å². The number of nitrogens with zero attached hydrogens (tertiary/aromatic N) is 1. The minimum absolute atomic E-state index is 0.118. The van der Waals surface area contributed by atoms with E-state index in [0.717, 1.165) is 11.1 Å². The molecule has 0 saturated carbocycles. The van der Waals surface area contributed by atoms with Crippen LogP contribution >= 0.6 is 34.8 Å². The first kappa shape index (κ1) is 22.7. The molecule has 1 N–H and O–H groups in total. The van der Waals surface area contributed by atoms with Gasteiger partial charge in [0.25, 0.3) is 5.91 Å². The monoisotopic (exact) mass is 470 g/mol. The number of halogens is 3. The van der Waals surface area contributed by atoms with Crippen molar-refractivity contribution in [1.82, 2.24) is 0 Å². The maximum Gasteiger partial charge on any atom is 0.266 e. The lowest BCUT2D eigenvalue weighted by atomic mass is 10.1. The maximum atomic E-state index is 12.6. The van der Waals surface area contributed by atoms with Gasteiger partial charge < -0.3 is 10.1 Å². The van der Waals surface area contributed by atoms with Crippen LogP contribution in [-0.2, 0) is 11.4 Å². The molecule has 4 nitrogen and oxygen atoms in total. The number of amides is 1. The number of rotatable bonds is 6. The second-order valence-electron chi connectivity index (χ2n) is 6.72. The fraction of sp³-hybridized carbons (Fsp3) is 0.0833. The van der Waals surface area contributed by atoms with E-state index in [-0.39, 0.29) is 17.2 Å². The van der Waals surface area contributed by atoms with Crippen LogP contribution in [0.2, 0.25) is 15.1 Å². The van der Waals surface area contributed by atoms with Gasteiger partial charge in [-0.15, -0.1) is 0 Å². The zero-order valence-corrected chi connectivity index (χ0v) is 18.7. The van der Waals surface area contributed by atoms with Crippen molar-refractivity contribution < 1.29 is 9.53 Å². The van der Waals surface area contributed by atoms with Gasteiger partial charge in [0.2, 0.25) is 0 Å². The van der Waals surface area contributed by atoms with E-state index in [9.17, 15) is 10.1 Å². The Kier molecular flexibility index (Phi) is 7.59. The molecule has 156 valence electrons. The summed E-state index contributed by atoms with van der Waals surface area (Å²) in [4.78, 5) is 12.6. The van der Waals surface area contributed by atoms with E-state index in [1.165, 1.54) is 12.1 Å². The van der Waals surface area contributed by atoms with Gasteiger partial charge in [0.05, 0.1) is 5.02 Å². The highest BCUT2D eigenvalue weighted by molar-refractivity contribution is 6.36. The number of carbonyl (C=O) groups excluding carboxylic acids is 1. The Labute approximate surface area is 195 Å². The van der Waals surface area contributed by atoms with Crippen LogP contribution < -0.4 is 10.1 Å². The lowest BCUT2D eigenvalue weighted by Gasteiger charge is -2.13. The van der Waals surface area contributed by atoms with Gasteiger partial charge >= 0.3 is 0 Å². The lowest BCUT2D eigenvalue weighted by Crippen LogP contribution is -2.13. The van der Waals surface area contributed by atoms with Gasteiger partial charge in [0, 0.05) is 21.3 Å². The summed E-state index contributed by atoms with van der Waals surface area (Å²) in [6.45, 7) is 2.11. The number of hydrogen-bond donors (Lipinski definition) is 1. The standard InChI is InChI=1S/C24H17Cl3N2O2/c1-15-4-2-7-21(8-15)29-24(30)18(13-28)10-17-11-20(26)12-22(27)23(17)31-14-16-5-3-6-19(25)9-16/h2-12H,14H2,1H3,(H,29,30)/b18-10+. The molecule has 0 saturated heterocycles. The summed E-state index contributed by atoms with van der Waals surface area (Å²) < 4.78 is 5.89. The van der Waals surface area contributed by atoms with Crippen molar-refractivity contribution in [2.45, 2.75) is 13.5 Å². The van der Waals surface area contributed by atoms with Crippen molar-refractivity contribution in [3.63, 3.8) is 0 Å². The number of aryl methyl sites for hydroxylation is 1. The molecule has 3 aromatic carbocycles. The minimum atomic E-state index is -0.551. The molecule has 0 unspecified atom stereocenters.